The van der Waals surface area contributed by atoms with E-state index in [0.717, 1.165) is 38.9 Å². The van der Waals surface area contributed by atoms with Gasteiger partial charge in [0.15, 0.2) is 0 Å². The number of esters is 1. The van der Waals surface area contributed by atoms with E-state index in [1.54, 1.807) is 0 Å². The minimum atomic E-state index is -0.0367. The molecular weight excluding hydrogens is 180 g/mol. The average molecular weight is 200 g/mol. The van der Waals surface area contributed by atoms with E-state index < -0.39 is 0 Å². The Morgan fingerprint density at radius 2 is 2.14 bits per heavy atom. The Balaban J connectivity index is 2.06. The van der Waals surface area contributed by atoms with Gasteiger partial charge in [-0.25, -0.2) is 0 Å². The quantitative estimate of drug-likeness (QED) is 0.504. The third-order valence-corrected chi connectivity index (χ3v) is 2.56. The van der Waals surface area contributed by atoms with Gasteiger partial charge in [-0.15, -0.1) is 0 Å². The smallest absolute Gasteiger partial charge is 0.306 e. The summed E-state index contributed by atoms with van der Waals surface area (Å²) in [4.78, 5) is 11.3. The Kier molecular flexibility index (Phi) is 5.60. The van der Waals surface area contributed by atoms with E-state index in [4.69, 9.17) is 9.47 Å². The van der Waals surface area contributed by atoms with E-state index in [9.17, 15) is 4.79 Å². The number of ether oxygens (including phenoxy) is 2. The van der Waals surface area contributed by atoms with Gasteiger partial charge in [0, 0.05) is 19.6 Å². The zero-order valence-electron chi connectivity index (χ0n) is 8.96. The highest BCUT2D eigenvalue weighted by atomic mass is 16.5. The predicted octanol–water partition coefficient (Wildman–Crippen LogP) is 2.15. The lowest BCUT2D eigenvalue weighted by Crippen LogP contribution is -2.20. The zero-order valence-corrected chi connectivity index (χ0v) is 8.96. The van der Waals surface area contributed by atoms with Crippen molar-refractivity contribution in [3.05, 3.63) is 0 Å². The molecule has 0 aromatic heterocycles. The number of hydrogen-bond acceptors (Lipinski definition) is 3. The normalized spacial score (nSPS) is 18.1. The molecule has 14 heavy (non-hydrogen) atoms. The lowest BCUT2D eigenvalue weighted by atomic mass is 9.97. The van der Waals surface area contributed by atoms with Crippen LogP contribution >= 0.6 is 0 Å². The molecule has 1 saturated heterocycles. The van der Waals surface area contributed by atoms with Crippen LogP contribution in [0.25, 0.3) is 0 Å². The number of carbonyl (C=O) groups excluding carboxylic acids is 1. The highest BCUT2D eigenvalue weighted by molar-refractivity contribution is 5.69. The lowest BCUT2D eigenvalue weighted by Gasteiger charge is -2.20. The molecule has 0 aromatic carbocycles. The molecule has 82 valence electrons. The molecule has 0 aromatic rings. The molecule has 0 radical (unpaired) electrons. The second-order valence-electron chi connectivity index (χ2n) is 3.83. The van der Waals surface area contributed by atoms with Crippen LogP contribution in [0.2, 0.25) is 0 Å². The topological polar surface area (TPSA) is 35.5 Å². The Hall–Kier alpha value is -0.570. The van der Waals surface area contributed by atoms with E-state index in [1.807, 2.05) is 0 Å². The molecule has 0 aliphatic carbocycles. The Morgan fingerprint density at radius 3 is 2.79 bits per heavy atom. The first-order chi connectivity index (χ1) is 6.83. The third-order valence-electron chi connectivity index (χ3n) is 2.56. The molecule has 1 heterocycles. The van der Waals surface area contributed by atoms with Crippen LogP contribution in [0.1, 0.15) is 39.0 Å². The molecule has 0 spiro atoms. The molecule has 1 aliphatic heterocycles. The van der Waals surface area contributed by atoms with Crippen molar-refractivity contribution in [3.8, 4) is 0 Å². The van der Waals surface area contributed by atoms with Gasteiger partial charge in [-0.2, -0.15) is 0 Å². The molecule has 1 aliphatic rings. The van der Waals surface area contributed by atoms with Crippen LogP contribution < -0.4 is 0 Å². The van der Waals surface area contributed by atoms with E-state index in [2.05, 4.69) is 6.92 Å². The fourth-order valence-corrected chi connectivity index (χ4v) is 1.58. The number of carbonyl (C=O) groups is 1. The SMILES string of the molecule is CCCCOC(=O)CC1CCOCC1. The summed E-state index contributed by atoms with van der Waals surface area (Å²) < 4.78 is 10.3. The fraction of sp³-hybridized carbons (Fsp3) is 0.909. The largest absolute Gasteiger partial charge is 0.466 e. The minimum Gasteiger partial charge on any atom is -0.466 e. The lowest BCUT2D eigenvalue weighted by molar-refractivity contribution is -0.145. The van der Waals surface area contributed by atoms with E-state index in [0.29, 0.717) is 18.9 Å². The van der Waals surface area contributed by atoms with Gasteiger partial charge in [0.25, 0.3) is 0 Å². The minimum absolute atomic E-state index is 0.0367. The summed E-state index contributed by atoms with van der Waals surface area (Å²) in [5, 5.41) is 0. The van der Waals surface area contributed by atoms with Crippen molar-refractivity contribution in [2.45, 2.75) is 39.0 Å². The van der Waals surface area contributed by atoms with Crippen molar-refractivity contribution in [2.75, 3.05) is 19.8 Å². The monoisotopic (exact) mass is 200 g/mol. The summed E-state index contributed by atoms with van der Waals surface area (Å²) in [6, 6.07) is 0. The van der Waals surface area contributed by atoms with Gasteiger partial charge < -0.3 is 9.47 Å². The first kappa shape index (κ1) is 11.5. The van der Waals surface area contributed by atoms with E-state index >= 15 is 0 Å². The molecule has 0 atom stereocenters. The van der Waals surface area contributed by atoms with Gasteiger partial charge in [0.1, 0.15) is 0 Å². The first-order valence-corrected chi connectivity index (χ1v) is 5.56. The average Bonchev–Trinajstić information content (AvgIpc) is 2.20. The zero-order chi connectivity index (χ0) is 10.2. The fourth-order valence-electron chi connectivity index (χ4n) is 1.58. The van der Waals surface area contributed by atoms with Crippen LogP contribution in [0.3, 0.4) is 0 Å². The van der Waals surface area contributed by atoms with Crippen LogP contribution in [0.15, 0.2) is 0 Å². The maximum Gasteiger partial charge on any atom is 0.306 e. The van der Waals surface area contributed by atoms with Gasteiger partial charge >= 0.3 is 5.97 Å². The third kappa shape index (κ3) is 4.61. The van der Waals surface area contributed by atoms with Crippen LogP contribution in [-0.4, -0.2) is 25.8 Å². The summed E-state index contributed by atoms with van der Waals surface area (Å²) in [6.07, 6.45) is 4.63. The van der Waals surface area contributed by atoms with Crippen molar-refractivity contribution in [3.63, 3.8) is 0 Å². The number of unbranched alkanes of at least 4 members (excludes halogenated alkanes) is 1. The van der Waals surface area contributed by atoms with Crippen LogP contribution in [-0.2, 0) is 14.3 Å². The maximum atomic E-state index is 11.3. The summed E-state index contributed by atoms with van der Waals surface area (Å²) >= 11 is 0. The highest BCUT2D eigenvalue weighted by Gasteiger charge is 2.17. The van der Waals surface area contributed by atoms with Gasteiger partial charge in [-0.05, 0) is 25.2 Å². The van der Waals surface area contributed by atoms with Crippen molar-refractivity contribution >= 4 is 5.97 Å². The molecule has 1 fully saturated rings. The van der Waals surface area contributed by atoms with E-state index in [-0.39, 0.29) is 5.97 Å². The number of rotatable bonds is 5. The van der Waals surface area contributed by atoms with Crippen molar-refractivity contribution in [1.82, 2.24) is 0 Å². The van der Waals surface area contributed by atoms with E-state index in [1.165, 1.54) is 0 Å². The molecule has 1 rings (SSSR count). The van der Waals surface area contributed by atoms with Crippen molar-refractivity contribution in [1.29, 1.82) is 0 Å². The van der Waals surface area contributed by atoms with Crippen LogP contribution in [0.5, 0.6) is 0 Å². The second kappa shape index (κ2) is 6.82. The summed E-state index contributed by atoms with van der Waals surface area (Å²) in [6.45, 7) is 4.27. The molecule has 0 N–H and O–H groups in total. The Morgan fingerprint density at radius 1 is 1.43 bits per heavy atom. The summed E-state index contributed by atoms with van der Waals surface area (Å²) in [5.74, 6) is 0.447. The van der Waals surface area contributed by atoms with Gasteiger partial charge in [0.2, 0.25) is 0 Å². The standard InChI is InChI=1S/C11H20O3/c1-2-3-6-14-11(12)9-10-4-7-13-8-5-10/h10H,2-9H2,1H3. The van der Waals surface area contributed by atoms with Crippen molar-refractivity contribution in [2.24, 2.45) is 5.92 Å². The molecule has 0 unspecified atom stereocenters. The predicted molar refractivity (Wildman–Crippen MR) is 54.0 cm³/mol. The van der Waals surface area contributed by atoms with Gasteiger partial charge in [-0.1, -0.05) is 13.3 Å². The second-order valence-corrected chi connectivity index (χ2v) is 3.83. The molecule has 0 bridgehead atoms. The number of hydrogen-bond donors (Lipinski definition) is 0. The van der Waals surface area contributed by atoms with Crippen molar-refractivity contribution < 1.29 is 14.3 Å². The Bertz CT molecular complexity index is 162. The maximum absolute atomic E-state index is 11.3. The van der Waals surface area contributed by atoms with Crippen LogP contribution in [0.4, 0.5) is 0 Å². The highest BCUT2D eigenvalue weighted by Crippen LogP contribution is 2.18. The van der Waals surface area contributed by atoms with Gasteiger partial charge in [-0.3, -0.25) is 4.79 Å². The Labute approximate surface area is 85.8 Å². The molecule has 3 heteroatoms. The molecule has 3 nitrogen and oxygen atoms in total. The molecule has 0 saturated carbocycles. The molecule has 0 amide bonds. The summed E-state index contributed by atoms with van der Waals surface area (Å²) in [7, 11) is 0. The van der Waals surface area contributed by atoms with Crippen LogP contribution in [0, 0.1) is 5.92 Å². The summed E-state index contributed by atoms with van der Waals surface area (Å²) in [5.41, 5.74) is 0. The van der Waals surface area contributed by atoms with Gasteiger partial charge in [0.05, 0.1) is 6.61 Å². The molecular formula is C11H20O3. The first-order valence-electron chi connectivity index (χ1n) is 5.56.